The smallest absolute Gasteiger partial charge is 0.244 e. The summed E-state index contributed by atoms with van der Waals surface area (Å²) in [7, 11) is -1.82. The topological polar surface area (TPSA) is 42.3 Å². The number of hydrogen-bond donors (Lipinski definition) is 0. The van der Waals surface area contributed by atoms with Gasteiger partial charge in [-0.15, -0.1) is 11.6 Å². The highest BCUT2D eigenvalue weighted by Crippen LogP contribution is 2.20. The van der Waals surface area contributed by atoms with Crippen molar-refractivity contribution in [2.24, 2.45) is 0 Å². The molecule has 0 aliphatic carbocycles. The predicted octanol–water partition coefficient (Wildman–Crippen LogP) is 2.28. The van der Waals surface area contributed by atoms with Gasteiger partial charge in [0.25, 0.3) is 0 Å². The van der Waals surface area contributed by atoms with E-state index >= 15 is 0 Å². The van der Waals surface area contributed by atoms with Crippen LogP contribution in [0.3, 0.4) is 0 Å². The lowest BCUT2D eigenvalue weighted by atomic mass is 10.4. The molecule has 0 amide bonds. The van der Waals surface area contributed by atoms with Crippen LogP contribution in [0.5, 0.6) is 0 Å². The number of halogens is 1. The maximum atomic E-state index is 12.2. The molecule has 1 rings (SSSR count). The summed E-state index contributed by atoms with van der Waals surface area (Å²) in [5.41, 5.74) is 0.824. The molecule has 0 aliphatic heterocycles. The van der Waals surface area contributed by atoms with Crippen LogP contribution in [0.25, 0.3) is 0 Å². The average Bonchev–Trinajstić information content (AvgIpc) is 2.71. The zero-order valence-corrected chi connectivity index (χ0v) is 12.2. The minimum atomic E-state index is -3.41. The molecule has 98 valence electrons. The Balaban J connectivity index is 3.20. The molecule has 0 radical (unpaired) electrons. The van der Waals surface area contributed by atoms with Crippen molar-refractivity contribution in [1.82, 2.24) is 8.87 Å². The first kappa shape index (κ1) is 14.5. The summed E-state index contributed by atoms with van der Waals surface area (Å²) in [5, 5.41) is 0. The Hall–Kier alpha value is -0.520. The van der Waals surface area contributed by atoms with Gasteiger partial charge in [-0.05, 0) is 26.8 Å². The first-order chi connectivity index (χ1) is 7.84. The van der Waals surface area contributed by atoms with Crippen molar-refractivity contribution >= 4 is 21.6 Å². The van der Waals surface area contributed by atoms with E-state index in [-0.39, 0.29) is 6.04 Å². The van der Waals surface area contributed by atoms with Gasteiger partial charge in [0, 0.05) is 31.5 Å². The monoisotopic (exact) mass is 278 g/mol. The van der Waals surface area contributed by atoms with Gasteiger partial charge in [0.05, 0.1) is 5.88 Å². The maximum Gasteiger partial charge on any atom is 0.244 e. The van der Waals surface area contributed by atoms with E-state index in [0.717, 1.165) is 5.69 Å². The van der Waals surface area contributed by atoms with Crippen molar-refractivity contribution in [3.8, 4) is 0 Å². The van der Waals surface area contributed by atoms with Crippen molar-refractivity contribution in [3.05, 3.63) is 18.0 Å². The Labute approximate surface area is 108 Å². The van der Waals surface area contributed by atoms with E-state index in [2.05, 4.69) is 0 Å². The molecular weight excluding hydrogens is 260 g/mol. The minimum Gasteiger partial charge on any atom is -0.349 e. The molecule has 0 saturated heterocycles. The third-order valence-corrected chi connectivity index (χ3v) is 5.12. The van der Waals surface area contributed by atoms with Crippen molar-refractivity contribution < 1.29 is 8.42 Å². The van der Waals surface area contributed by atoms with E-state index < -0.39 is 10.0 Å². The van der Waals surface area contributed by atoms with Gasteiger partial charge in [0.2, 0.25) is 10.0 Å². The standard InChI is InChI=1S/C11H19ClN2O2S/c1-5-14-8-11(6-10(14)7-12)17(15,16)13(4)9(2)3/h6,8-9H,5,7H2,1-4H3. The summed E-state index contributed by atoms with van der Waals surface area (Å²) in [4.78, 5) is 0.311. The molecule has 0 unspecified atom stereocenters. The third-order valence-electron chi connectivity index (χ3n) is 2.84. The van der Waals surface area contributed by atoms with Gasteiger partial charge in [-0.1, -0.05) is 0 Å². The van der Waals surface area contributed by atoms with Gasteiger partial charge in [0.15, 0.2) is 0 Å². The maximum absolute atomic E-state index is 12.2. The Morgan fingerprint density at radius 1 is 1.47 bits per heavy atom. The van der Waals surface area contributed by atoms with E-state index in [1.54, 1.807) is 19.3 Å². The van der Waals surface area contributed by atoms with Gasteiger partial charge < -0.3 is 4.57 Å². The number of nitrogens with zero attached hydrogens (tertiary/aromatic N) is 2. The SMILES string of the molecule is CCn1cc(S(=O)(=O)N(C)C(C)C)cc1CCl. The van der Waals surface area contributed by atoms with Crippen molar-refractivity contribution in [2.75, 3.05) is 7.05 Å². The van der Waals surface area contributed by atoms with Crippen molar-refractivity contribution in [1.29, 1.82) is 0 Å². The normalized spacial score (nSPS) is 12.6. The lowest BCUT2D eigenvalue weighted by molar-refractivity contribution is 0.410. The quantitative estimate of drug-likeness (QED) is 0.776. The first-order valence-corrected chi connectivity index (χ1v) is 7.55. The van der Waals surface area contributed by atoms with Crippen LogP contribution in [0, 0.1) is 0 Å². The molecule has 0 fully saturated rings. The summed E-state index contributed by atoms with van der Waals surface area (Å²) in [6.45, 7) is 6.36. The van der Waals surface area contributed by atoms with Crippen LogP contribution in [0.15, 0.2) is 17.2 Å². The van der Waals surface area contributed by atoms with Crippen LogP contribution >= 0.6 is 11.6 Å². The number of sulfonamides is 1. The number of aryl methyl sites for hydroxylation is 1. The Kier molecular flexibility index (Phi) is 4.63. The van der Waals surface area contributed by atoms with Crippen LogP contribution in [0.1, 0.15) is 26.5 Å². The van der Waals surface area contributed by atoms with Crippen LogP contribution in [-0.2, 0) is 22.4 Å². The van der Waals surface area contributed by atoms with E-state index in [1.807, 2.05) is 25.3 Å². The van der Waals surface area contributed by atoms with Crippen LogP contribution < -0.4 is 0 Å². The Bertz CT molecular complexity index is 458. The molecule has 0 saturated carbocycles. The predicted molar refractivity (Wildman–Crippen MR) is 69.7 cm³/mol. The molecule has 6 heteroatoms. The summed E-state index contributed by atoms with van der Waals surface area (Å²) in [6.07, 6.45) is 1.64. The number of hydrogen-bond acceptors (Lipinski definition) is 2. The molecule has 0 aromatic carbocycles. The lowest BCUT2D eigenvalue weighted by Crippen LogP contribution is -2.32. The van der Waals surface area contributed by atoms with Crippen molar-refractivity contribution in [2.45, 2.75) is 44.1 Å². The second-order valence-corrected chi connectivity index (χ2v) is 6.47. The second-order valence-electron chi connectivity index (χ2n) is 4.20. The summed E-state index contributed by atoms with van der Waals surface area (Å²) in [6, 6.07) is 1.58. The summed E-state index contributed by atoms with van der Waals surface area (Å²) < 4.78 is 27.7. The van der Waals surface area contributed by atoms with Crippen LogP contribution in [0.2, 0.25) is 0 Å². The van der Waals surface area contributed by atoms with E-state index in [1.165, 1.54) is 4.31 Å². The van der Waals surface area contributed by atoms with E-state index in [4.69, 9.17) is 11.6 Å². The molecular formula is C11H19ClN2O2S. The average molecular weight is 279 g/mol. The van der Waals surface area contributed by atoms with Crippen LogP contribution in [0.4, 0.5) is 0 Å². The molecule has 0 spiro atoms. The van der Waals surface area contributed by atoms with E-state index in [0.29, 0.717) is 17.3 Å². The molecule has 0 aliphatic rings. The van der Waals surface area contributed by atoms with Gasteiger partial charge >= 0.3 is 0 Å². The van der Waals surface area contributed by atoms with E-state index in [9.17, 15) is 8.42 Å². The third kappa shape index (κ3) is 2.84. The number of aromatic nitrogens is 1. The van der Waals surface area contributed by atoms with Crippen LogP contribution in [-0.4, -0.2) is 30.4 Å². The molecule has 0 atom stereocenters. The van der Waals surface area contributed by atoms with Gasteiger partial charge in [-0.25, -0.2) is 8.42 Å². The molecule has 0 N–H and O–H groups in total. The molecule has 1 heterocycles. The molecule has 1 aromatic heterocycles. The van der Waals surface area contributed by atoms with Gasteiger partial charge in [-0.3, -0.25) is 0 Å². The molecule has 0 bridgehead atoms. The van der Waals surface area contributed by atoms with Gasteiger partial charge in [0.1, 0.15) is 4.90 Å². The summed E-state index contributed by atoms with van der Waals surface area (Å²) >= 11 is 5.79. The Morgan fingerprint density at radius 3 is 2.41 bits per heavy atom. The second kappa shape index (κ2) is 5.42. The number of alkyl halides is 1. The highest BCUT2D eigenvalue weighted by molar-refractivity contribution is 7.89. The Morgan fingerprint density at radius 2 is 2.06 bits per heavy atom. The first-order valence-electron chi connectivity index (χ1n) is 5.57. The number of rotatable bonds is 5. The van der Waals surface area contributed by atoms with Gasteiger partial charge in [-0.2, -0.15) is 4.31 Å². The molecule has 1 aromatic rings. The fourth-order valence-electron chi connectivity index (χ4n) is 1.52. The summed E-state index contributed by atoms with van der Waals surface area (Å²) in [5.74, 6) is 0.314. The molecule has 17 heavy (non-hydrogen) atoms. The highest BCUT2D eigenvalue weighted by Gasteiger charge is 2.25. The lowest BCUT2D eigenvalue weighted by Gasteiger charge is -2.19. The fourth-order valence-corrected chi connectivity index (χ4v) is 3.18. The fraction of sp³-hybridized carbons (Fsp3) is 0.636. The zero-order valence-electron chi connectivity index (χ0n) is 10.6. The zero-order chi connectivity index (χ0) is 13.2. The minimum absolute atomic E-state index is 0.0653. The largest absolute Gasteiger partial charge is 0.349 e. The highest BCUT2D eigenvalue weighted by atomic mass is 35.5. The molecule has 4 nitrogen and oxygen atoms in total. The van der Waals surface area contributed by atoms with Crippen molar-refractivity contribution in [3.63, 3.8) is 0 Å².